The number of unbranched alkanes of at least 4 members (excludes halogenated alkanes) is 4. The molecular formula is C12H18ClN5. The van der Waals surface area contributed by atoms with E-state index in [4.69, 9.17) is 17.3 Å². The summed E-state index contributed by atoms with van der Waals surface area (Å²) in [6.07, 6.45) is 9.16. The van der Waals surface area contributed by atoms with Gasteiger partial charge in [-0.05, 0) is 19.4 Å². The lowest BCUT2D eigenvalue weighted by molar-refractivity contribution is 0.567. The average Bonchev–Trinajstić information content (AvgIpc) is 2.79. The quantitative estimate of drug-likeness (QED) is 0.618. The van der Waals surface area contributed by atoms with Crippen LogP contribution in [0.25, 0.3) is 11.2 Å². The largest absolute Gasteiger partial charge is 0.330 e. The van der Waals surface area contributed by atoms with Crippen molar-refractivity contribution in [1.29, 1.82) is 0 Å². The van der Waals surface area contributed by atoms with Crippen molar-refractivity contribution < 1.29 is 0 Å². The predicted octanol–water partition coefficient (Wildman–Crippen LogP) is 2.39. The van der Waals surface area contributed by atoms with Crippen LogP contribution in [0.15, 0.2) is 12.7 Å². The van der Waals surface area contributed by atoms with Gasteiger partial charge in [-0.25, -0.2) is 15.0 Å². The molecule has 0 saturated heterocycles. The van der Waals surface area contributed by atoms with E-state index in [9.17, 15) is 0 Å². The molecule has 0 bridgehead atoms. The normalized spacial score (nSPS) is 11.2. The monoisotopic (exact) mass is 267 g/mol. The van der Waals surface area contributed by atoms with Gasteiger partial charge in [-0.3, -0.25) is 0 Å². The van der Waals surface area contributed by atoms with Crippen molar-refractivity contribution in [2.75, 3.05) is 6.54 Å². The maximum atomic E-state index is 5.95. The predicted molar refractivity (Wildman–Crippen MR) is 72.5 cm³/mol. The number of nitrogens with two attached hydrogens (primary N) is 1. The average molecular weight is 268 g/mol. The lowest BCUT2D eigenvalue weighted by Crippen LogP contribution is -1.99. The Morgan fingerprint density at radius 2 is 1.83 bits per heavy atom. The summed E-state index contributed by atoms with van der Waals surface area (Å²) in [6.45, 7) is 1.72. The summed E-state index contributed by atoms with van der Waals surface area (Å²) in [4.78, 5) is 12.4. The van der Waals surface area contributed by atoms with Gasteiger partial charge in [-0.1, -0.05) is 30.9 Å². The van der Waals surface area contributed by atoms with Gasteiger partial charge in [0.2, 0.25) is 0 Å². The Hall–Kier alpha value is -1.20. The highest BCUT2D eigenvalue weighted by molar-refractivity contribution is 6.33. The summed E-state index contributed by atoms with van der Waals surface area (Å²) in [6, 6.07) is 0. The van der Waals surface area contributed by atoms with Crippen molar-refractivity contribution >= 4 is 22.8 Å². The van der Waals surface area contributed by atoms with Crippen LogP contribution in [0.1, 0.15) is 32.1 Å². The Morgan fingerprint density at radius 3 is 2.67 bits per heavy atom. The van der Waals surface area contributed by atoms with Gasteiger partial charge in [0.15, 0.2) is 10.8 Å². The molecule has 2 aromatic heterocycles. The highest BCUT2D eigenvalue weighted by Crippen LogP contribution is 2.17. The molecule has 0 saturated carbocycles. The van der Waals surface area contributed by atoms with Gasteiger partial charge in [0.1, 0.15) is 11.8 Å². The van der Waals surface area contributed by atoms with Crippen molar-refractivity contribution in [3.05, 3.63) is 17.8 Å². The van der Waals surface area contributed by atoms with Crippen LogP contribution in [-0.2, 0) is 6.54 Å². The first-order chi connectivity index (χ1) is 8.83. The molecule has 2 heterocycles. The summed E-state index contributed by atoms with van der Waals surface area (Å²) < 4.78 is 2.03. The fraction of sp³-hybridized carbons (Fsp3) is 0.583. The fourth-order valence-corrected chi connectivity index (χ4v) is 2.15. The molecule has 18 heavy (non-hydrogen) atoms. The number of imidazole rings is 1. The molecule has 0 amide bonds. The Labute approximate surface area is 111 Å². The minimum atomic E-state index is 0.418. The molecule has 2 aromatic rings. The van der Waals surface area contributed by atoms with E-state index >= 15 is 0 Å². The molecule has 0 fully saturated rings. The third kappa shape index (κ3) is 3.17. The van der Waals surface area contributed by atoms with Crippen molar-refractivity contribution in [2.24, 2.45) is 5.73 Å². The number of hydrogen-bond acceptors (Lipinski definition) is 4. The summed E-state index contributed by atoms with van der Waals surface area (Å²) in [5.41, 5.74) is 6.96. The Morgan fingerprint density at radius 1 is 1.06 bits per heavy atom. The second-order valence-corrected chi connectivity index (χ2v) is 4.69. The van der Waals surface area contributed by atoms with Crippen LogP contribution in [0, 0.1) is 0 Å². The molecule has 0 aliphatic carbocycles. The topological polar surface area (TPSA) is 69.6 Å². The van der Waals surface area contributed by atoms with Gasteiger partial charge in [0.05, 0.1) is 6.33 Å². The molecule has 0 aromatic carbocycles. The number of fused-ring (bicyclic) bond motifs is 1. The molecule has 0 spiro atoms. The second-order valence-electron chi connectivity index (χ2n) is 4.33. The maximum absolute atomic E-state index is 5.95. The Kier molecular flexibility index (Phi) is 4.90. The molecule has 2 rings (SSSR count). The Balaban J connectivity index is 1.86. The molecule has 0 aliphatic rings. The van der Waals surface area contributed by atoms with Crippen LogP contribution in [0.2, 0.25) is 5.15 Å². The van der Waals surface area contributed by atoms with E-state index in [2.05, 4.69) is 15.0 Å². The molecule has 2 N–H and O–H groups in total. The number of aryl methyl sites for hydroxylation is 1. The maximum Gasteiger partial charge on any atom is 0.164 e. The number of nitrogens with zero attached hydrogens (tertiary/aromatic N) is 4. The summed E-state index contributed by atoms with van der Waals surface area (Å²) in [7, 11) is 0. The van der Waals surface area contributed by atoms with Crippen LogP contribution in [0.4, 0.5) is 0 Å². The van der Waals surface area contributed by atoms with Gasteiger partial charge >= 0.3 is 0 Å². The molecule has 0 aliphatic heterocycles. The molecule has 6 heteroatoms. The zero-order valence-electron chi connectivity index (χ0n) is 10.3. The fourth-order valence-electron chi connectivity index (χ4n) is 1.97. The van der Waals surface area contributed by atoms with Crippen molar-refractivity contribution in [3.8, 4) is 0 Å². The van der Waals surface area contributed by atoms with E-state index in [0.29, 0.717) is 10.7 Å². The Bertz CT molecular complexity index is 496. The minimum Gasteiger partial charge on any atom is -0.330 e. The number of halogens is 1. The molecule has 0 atom stereocenters. The molecule has 0 radical (unpaired) electrons. The number of aromatic nitrogens is 4. The van der Waals surface area contributed by atoms with Crippen LogP contribution < -0.4 is 5.73 Å². The zero-order valence-corrected chi connectivity index (χ0v) is 11.1. The standard InChI is InChI=1S/C12H18ClN5/c13-11-10-12(16-8-15-11)18(9-17-10)7-5-3-1-2-4-6-14/h8-9H,1-7,14H2. The number of rotatable bonds is 7. The zero-order chi connectivity index (χ0) is 12.8. The van der Waals surface area contributed by atoms with E-state index in [0.717, 1.165) is 31.6 Å². The van der Waals surface area contributed by atoms with Gasteiger partial charge in [0, 0.05) is 6.54 Å². The van der Waals surface area contributed by atoms with Gasteiger partial charge in [0.25, 0.3) is 0 Å². The molecule has 0 unspecified atom stereocenters. The highest BCUT2D eigenvalue weighted by Gasteiger charge is 2.07. The first-order valence-corrected chi connectivity index (χ1v) is 6.72. The van der Waals surface area contributed by atoms with Crippen molar-refractivity contribution in [2.45, 2.75) is 38.6 Å². The lowest BCUT2D eigenvalue weighted by Gasteiger charge is -2.03. The van der Waals surface area contributed by atoms with Crippen LogP contribution in [0.5, 0.6) is 0 Å². The second kappa shape index (κ2) is 6.66. The summed E-state index contributed by atoms with van der Waals surface area (Å²) in [5, 5.41) is 0.418. The lowest BCUT2D eigenvalue weighted by atomic mass is 10.1. The highest BCUT2D eigenvalue weighted by atomic mass is 35.5. The smallest absolute Gasteiger partial charge is 0.164 e. The molecule has 98 valence electrons. The van der Waals surface area contributed by atoms with Crippen LogP contribution >= 0.6 is 11.6 Å². The van der Waals surface area contributed by atoms with Gasteiger partial charge in [-0.15, -0.1) is 0 Å². The summed E-state index contributed by atoms with van der Waals surface area (Å²) >= 11 is 5.95. The van der Waals surface area contributed by atoms with E-state index in [1.54, 1.807) is 6.33 Å². The van der Waals surface area contributed by atoms with Gasteiger partial charge in [-0.2, -0.15) is 0 Å². The minimum absolute atomic E-state index is 0.418. The first-order valence-electron chi connectivity index (χ1n) is 6.34. The summed E-state index contributed by atoms with van der Waals surface area (Å²) in [5.74, 6) is 0. The van der Waals surface area contributed by atoms with Crippen molar-refractivity contribution in [3.63, 3.8) is 0 Å². The van der Waals surface area contributed by atoms with Crippen LogP contribution in [0.3, 0.4) is 0 Å². The first kappa shape index (κ1) is 13.2. The third-order valence-corrected chi connectivity index (χ3v) is 3.24. The third-order valence-electron chi connectivity index (χ3n) is 2.96. The van der Waals surface area contributed by atoms with E-state index in [1.165, 1.54) is 25.6 Å². The van der Waals surface area contributed by atoms with E-state index in [1.807, 2.05) is 4.57 Å². The van der Waals surface area contributed by atoms with Gasteiger partial charge < -0.3 is 10.3 Å². The van der Waals surface area contributed by atoms with E-state index < -0.39 is 0 Å². The van der Waals surface area contributed by atoms with Crippen LogP contribution in [-0.4, -0.2) is 26.1 Å². The SMILES string of the molecule is NCCCCCCCn1cnc2c(Cl)ncnc21. The van der Waals surface area contributed by atoms with Crippen molar-refractivity contribution in [1.82, 2.24) is 19.5 Å². The molecular weight excluding hydrogens is 250 g/mol. The van der Waals surface area contributed by atoms with E-state index in [-0.39, 0.29) is 0 Å². The molecule has 5 nitrogen and oxygen atoms in total. The number of hydrogen-bond donors (Lipinski definition) is 1.